The lowest BCUT2D eigenvalue weighted by Crippen LogP contribution is -2.47. The quantitative estimate of drug-likeness (QED) is 0.748. The molecule has 1 aliphatic rings. The number of hydrogen-bond donors (Lipinski definition) is 2. The van der Waals surface area contributed by atoms with Crippen molar-refractivity contribution >= 4 is 17.3 Å². The first-order valence-electron chi connectivity index (χ1n) is 6.47. The topological polar surface area (TPSA) is 72.3 Å². The van der Waals surface area contributed by atoms with Crippen molar-refractivity contribution in [2.75, 3.05) is 11.5 Å². The molecule has 0 saturated carbocycles. The van der Waals surface area contributed by atoms with Crippen molar-refractivity contribution in [2.24, 2.45) is 0 Å². The molecule has 0 aromatic heterocycles. The van der Waals surface area contributed by atoms with Crippen LogP contribution < -0.4 is 11.5 Å². The smallest absolute Gasteiger partial charge is 0.254 e. The average molecular weight is 247 g/mol. The van der Waals surface area contributed by atoms with E-state index >= 15 is 0 Å². The molecule has 1 aromatic carbocycles. The lowest BCUT2D eigenvalue weighted by Gasteiger charge is -2.39. The highest BCUT2D eigenvalue weighted by atomic mass is 16.2. The van der Waals surface area contributed by atoms with Crippen molar-refractivity contribution in [1.29, 1.82) is 0 Å². The number of carbonyl (C=O) groups excluding carboxylic acids is 1. The highest BCUT2D eigenvalue weighted by Crippen LogP contribution is 2.25. The summed E-state index contributed by atoms with van der Waals surface area (Å²) in [5.74, 6) is 0.0358. The van der Waals surface area contributed by atoms with Crippen LogP contribution in [0.15, 0.2) is 18.2 Å². The normalized spacial score (nSPS) is 24.0. The Labute approximate surface area is 108 Å². The van der Waals surface area contributed by atoms with E-state index in [1.54, 1.807) is 18.2 Å². The Hall–Kier alpha value is -1.71. The lowest BCUT2D eigenvalue weighted by atomic mass is 9.96. The summed E-state index contributed by atoms with van der Waals surface area (Å²) in [5, 5.41) is 0. The van der Waals surface area contributed by atoms with Gasteiger partial charge in [0, 0.05) is 29.0 Å². The molecule has 1 saturated heterocycles. The molecule has 1 aliphatic heterocycles. The van der Waals surface area contributed by atoms with Crippen molar-refractivity contribution in [3.8, 4) is 0 Å². The summed E-state index contributed by atoms with van der Waals surface area (Å²) in [6.07, 6.45) is 3.31. The minimum absolute atomic E-state index is 0.0358. The van der Waals surface area contributed by atoms with Gasteiger partial charge < -0.3 is 16.4 Å². The van der Waals surface area contributed by atoms with Gasteiger partial charge in [0.05, 0.1) is 0 Å². The molecule has 0 unspecified atom stereocenters. The lowest BCUT2D eigenvalue weighted by molar-refractivity contribution is 0.0511. The second-order valence-electron chi connectivity index (χ2n) is 5.23. The number of hydrogen-bond acceptors (Lipinski definition) is 3. The molecule has 1 aromatic rings. The Bertz CT molecular complexity index is 428. The largest absolute Gasteiger partial charge is 0.399 e. The van der Waals surface area contributed by atoms with Crippen LogP contribution in [-0.2, 0) is 0 Å². The molecule has 0 spiro atoms. The van der Waals surface area contributed by atoms with Crippen LogP contribution in [0.25, 0.3) is 0 Å². The van der Waals surface area contributed by atoms with Crippen LogP contribution in [0.5, 0.6) is 0 Å². The number of nitrogen functional groups attached to an aromatic ring is 2. The first kappa shape index (κ1) is 12.7. The fraction of sp³-hybridized carbons (Fsp3) is 0.500. The van der Waals surface area contributed by atoms with E-state index in [9.17, 15) is 4.79 Å². The van der Waals surface area contributed by atoms with Crippen molar-refractivity contribution in [3.63, 3.8) is 0 Å². The summed E-state index contributed by atoms with van der Waals surface area (Å²) in [6.45, 7) is 4.20. The number of benzene rings is 1. The third kappa shape index (κ3) is 2.42. The van der Waals surface area contributed by atoms with Gasteiger partial charge in [0.1, 0.15) is 0 Å². The molecule has 4 N–H and O–H groups in total. The minimum Gasteiger partial charge on any atom is -0.399 e. The Balaban J connectivity index is 2.29. The second-order valence-corrected chi connectivity index (χ2v) is 5.23. The van der Waals surface area contributed by atoms with Crippen LogP contribution in [-0.4, -0.2) is 22.9 Å². The molecule has 4 nitrogen and oxygen atoms in total. The van der Waals surface area contributed by atoms with Gasteiger partial charge >= 0.3 is 0 Å². The molecule has 2 atom stereocenters. The number of carbonyl (C=O) groups is 1. The van der Waals surface area contributed by atoms with E-state index in [1.165, 1.54) is 6.42 Å². The maximum atomic E-state index is 12.5. The Kier molecular flexibility index (Phi) is 3.45. The summed E-state index contributed by atoms with van der Waals surface area (Å²) in [5.41, 5.74) is 13.2. The van der Waals surface area contributed by atoms with Crippen molar-refractivity contribution in [1.82, 2.24) is 4.90 Å². The van der Waals surface area contributed by atoms with Gasteiger partial charge in [-0.15, -0.1) is 0 Å². The number of anilines is 2. The van der Waals surface area contributed by atoms with Gasteiger partial charge in [0.2, 0.25) is 0 Å². The monoisotopic (exact) mass is 247 g/mol. The number of amides is 1. The molecule has 98 valence electrons. The van der Waals surface area contributed by atoms with E-state index in [4.69, 9.17) is 11.5 Å². The first-order valence-corrected chi connectivity index (χ1v) is 6.47. The minimum atomic E-state index is 0.0358. The van der Waals surface area contributed by atoms with Gasteiger partial charge in [-0.25, -0.2) is 0 Å². The number of nitrogens with two attached hydrogens (primary N) is 2. The zero-order chi connectivity index (χ0) is 13.3. The fourth-order valence-corrected chi connectivity index (χ4v) is 2.77. The van der Waals surface area contributed by atoms with E-state index in [-0.39, 0.29) is 18.0 Å². The molecular formula is C14H21N3O. The number of piperidine rings is 1. The van der Waals surface area contributed by atoms with E-state index < -0.39 is 0 Å². The zero-order valence-corrected chi connectivity index (χ0v) is 11.0. The van der Waals surface area contributed by atoms with Gasteiger partial charge in [-0.05, 0) is 51.3 Å². The van der Waals surface area contributed by atoms with E-state index in [1.807, 2.05) is 4.90 Å². The summed E-state index contributed by atoms with van der Waals surface area (Å²) in [7, 11) is 0. The highest BCUT2D eigenvalue weighted by Gasteiger charge is 2.29. The van der Waals surface area contributed by atoms with Gasteiger partial charge in [0.25, 0.3) is 5.91 Å². The third-order valence-electron chi connectivity index (χ3n) is 3.65. The molecule has 4 heteroatoms. The van der Waals surface area contributed by atoms with E-state index in [0.717, 1.165) is 12.8 Å². The predicted octanol–water partition coefficient (Wildman–Crippen LogP) is 2.25. The molecule has 1 fully saturated rings. The highest BCUT2D eigenvalue weighted by molar-refractivity contribution is 5.96. The molecule has 0 bridgehead atoms. The maximum absolute atomic E-state index is 12.5. The summed E-state index contributed by atoms with van der Waals surface area (Å²) >= 11 is 0. The standard InChI is InChI=1S/C14H21N3O/c1-9-4-3-5-10(2)17(9)14(18)11-6-12(15)8-13(16)7-11/h6-10H,3-5,15-16H2,1-2H3/t9-,10-/m1/s1. The van der Waals surface area contributed by atoms with Crippen LogP contribution >= 0.6 is 0 Å². The van der Waals surface area contributed by atoms with Crippen LogP contribution in [0.4, 0.5) is 11.4 Å². The zero-order valence-electron chi connectivity index (χ0n) is 11.0. The number of likely N-dealkylation sites (tertiary alicyclic amines) is 1. The molecular weight excluding hydrogens is 226 g/mol. The Morgan fingerprint density at radius 2 is 1.61 bits per heavy atom. The van der Waals surface area contributed by atoms with Gasteiger partial charge in [-0.2, -0.15) is 0 Å². The molecule has 1 heterocycles. The molecule has 18 heavy (non-hydrogen) atoms. The second kappa shape index (κ2) is 4.88. The fourth-order valence-electron chi connectivity index (χ4n) is 2.77. The van der Waals surface area contributed by atoms with Gasteiger partial charge in [-0.3, -0.25) is 4.79 Å². The maximum Gasteiger partial charge on any atom is 0.254 e. The number of nitrogens with zero attached hydrogens (tertiary/aromatic N) is 1. The van der Waals surface area contributed by atoms with Crippen molar-refractivity contribution in [2.45, 2.75) is 45.2 Å². The Morgan fingerprint density at radius 3 is 2.11 bits per heavy atom. The molecule has 1 amide bonds. The van der Waals surface area contributed by atoms with Crippen LogP contribution in [0.3, 0.4) is 0 Å². The SMILES string of the molecule is C[C@@H]1CCC[C@@H](C)N1C(=O)c1cc(N)cc(N)c1. The van der Waals surface area contributed by atoms with Gasteiger partial charge in [0.15, 0.2) is 0 Å². The summed E-state index contributed by atoms with van der Waals surface area (Å²) in [4.78, 5) is 14.5. The van der Waals surface area contributed by atoms with Crippen molar-refractivity contribution in [3.05, 3.63) is 23.8 Å². The molecule has 0 aliphatic carbocycles. The van der Waals surface area contributed by atoms with Crippen molar-refractivity contribution < 1.29 is 4.79 Å². The van der Waals surface area contributed by atoms with Crippen LogP contribution in [0.1, 0.15) is 43.5 Å². The predicted molar refractivity (Wildman–Crippen MR) is 74.2 cm³/mol. The first-order chi connectivity index (χ1) is 8.49. The van der Waals surface area contributed by atoms with Gasteiger partial charge in [-0.1, -0.05) is 0 Å². The van der Waals surface area contributed by atoms with Crippen LogP contribution in [0, 0.1) is 0 Å². The molecule has 0 radical (unpaired) electrons. The summed E-state index contributed by atoms with van der Waals surface area (Å²) < 4.78 is 0. The Morgan fingerprint density at radius 1 is 1.11 bits per heavy atom. The third-order valence-corrected chi connectivity index (χ3v) is 3.65. The van der Waals surface area contributed by atoms with E-state index in [2.05, 4.69) is 13.8 Å². The molecule has 2 rings (SSSR count). The van der Waals surface area contributed by atoms with E-state index in [0.29, 0.717) is 16.9 Å². The number of rotatable bonds is 1. The summed E-state index contributed by atoms with van der Waals surface area (Å²) in [6, 6.07) is 5.63. The average Bonchev–Trinajstić information content (AvgIpc) is 2.27. The van der Waals surface area contributed by atoms with Crippen LogP contribution in [0.2, 0.25) is 0 Å².